The fraction of sp³-hybridized carbons (Fsp3) is 1.00. The van der Waals surface area contributed by atoms with Crippen molar-refractivity contribution in [1.82, 2.24) is 4.31 Å². The van der Waals surface area contributed by atoms with Crippen molar-refractivity contribution in [3.05, 3.63) is 0 Å². The van der Waals surface area contributed by atoms with E-state index in [1.165, 1.54) is 12.8 Å². The Morgan fingerprint density at radius 3 is 2.50 bits per heavy atom. The zero-order valence-corrected chi connectivity index (χ0v) is 12.7. The van der Waals surface area contributed by atoms with E-state index in [0.717, 1.165) is 19.3 Å². The normalized spacial score (nSPS) is 29.9. The van der Waals surface area contributed by atoms with Gasteiger partial charge in [0.25, 0.3) is 0 Å². The summed E-state index contributed by atoms with van der Waals surface area (Å²) in [6.07, 6.45) is 5.16. The Balaban J connectivity index is 0.00000162. The number of piperidine rings is 1. The molecular formula is C12H25ClN2O2S. The van der Waals surface area contributed by atoms with Crippen molar-refractivity contribution < 1.29 is 8.42 Å². The minimum Gasteiger partial charge on any atom is -0.329 e. The third-order valence-electron chi connectivity index (χ3n) is 4.03. The Morgan fingerprint density at radius 2 is 1.94 bits per heavy atom. The lowest BCUT2D eigenvalue weighted by Gasteiger charge is -2.36. The molecule has 0 aromatic rings. The summed E-state index contributed by atoms with van der Waals surface area (Å²) in [5.41, 5.74) is 5.71. The fourth-order valence-electron chi connectivity index (χ4n) is 2.65. The molecule has 1 aliphatic heterocycles. The first-order chi connectivity index (χ1) is 8.03. The van der Waals surface area contributed by atoms with Gasteiger partial charge in [-0.3, -0.25) is 0 Å². The molecule has 2 unspecified atom stereocenters. The summed E-state index contributed by atoms with van der Waals surface area (Å²) in [6.45, 7) is 3.29. The van der Waals surface area contributed by atoms with Crippen molar-refractivity contribution in [2.24, 2.45) is 17.6 Å². The zero-order chi connectivity index (χ0) is 12.5. The first kappa shape index (κ1) is 16.2. The number of hydrogen-bond donors (Lipinski definition) is 1. The summed E-state index contributed by atoms with van der Waals surface area (Å²) in [6, 6.07) is 0.0305. The lowest BCUT2D eigenvalue weighted by molar-refractivity contribution is 0.211. The van der Waals surface area contributed by atoms with Crippen molar-refractivity contribution in [3.63, 3.8) is 0 Å². The third kappa shape index (κ3) is 4.08. The SMILES string of the molecule is CC1CCN(S(=O)(=O)CCC2CC2)C(CN)C1.Cl. The highest BCUT2D eigenvalue weighted by molar-refractivity contribution is 7.89. The van der Waals surface area contributed by atoms with E-state index in [1.54, 1.807) is 4.31 Å². The van der Waals surface area contributed by atoms with Crippen LogP contribution in [0.2, 0.25) is 0 Å². The Labute approximate surface area is 117 Å². The van der Waals surface area contributed by atoms with Gasteiger partial charge in [0, 0.05) is 19.1 Å². The van der Waals surface area contributed by atoms with Crippen LogP contribution in [0, 0.1) is 11.8 Å². The van der Waals surface area contributed by atoms with Gasteiger partial charge in [0.15, 0.2) is 0 Å². The van der Waals surface area contributed by atoms with Gasteiger partial charge in [-0.25, -0.2) is 8.42 Å². The smallest absolute Gasteiger partial charge is 0.214 e. The van der Waals surface area contributed by atoms with Crippen molar-refractivity contribution in [2.75, 3.05) is 18.8 Å². The number of hydrogen-bond acceptors (Lipinski definition) is 3. The van der Waals surface area contributed by atoms with E-state index in [4.69, 9.17) is 5.73 Å². The van der Waals surface area contributed by atoms with E-state index in [2.05, 4.69) is 6.92 Å². The molecule has 18 heavy (non-hydrogen) atoms. The van der Waals surface area contributed by atoms with E-state index >= 15 is 0 Å². The second-order valence-electron chi connectivity index (χ2n) is 5.68. The standard InChI is InChI=1S/C12H24N2O2S.ClH/c1-10-4-6-14(12(8-10)9-13)17(15,16)7-5-11-2-3-11;/h10-12H,2-9,13H2,1H3;1H. The summed E-state index contributed by atoms with van der Waals surface area (Å²) in [5, 5.41) is 0. The largest absolute Gasteiger partial charge is 0.329 e. The van der Waals surface area contributed by atoms with Crippen LogP contribution in [0.4, 0.5) is 0 Å². The Hall–Kier alpha value is 0.160. The van der Waals surface area contributed by atoms with Gasteiger partial charge in [-0.2, -0.15) is 4.31 Å². The Kier molecular flexibility index (Phi) is 5.90. The number of sulfonamides is 1. The molecule has 0 bridgehead atoms. The van der Waals surface area contributed by atoms with Crippen molar-refractivity contribution in [2.45, 2.75) is 45.1 Å². The predicted octanol–water partition coefficient (Wildman–Crippen LogP) is 1.60. The zero-order valence-electron chi connectivity index (χ0n) is 11.0. The quantitative estimate of drug-likeness (QED) is 0.838. The van der Waals surface area contributed by atoms with Gasteiger partial charge in [-0.1, -0.05) is 19.8 Å². The Morgan fingerprint density at radius 1 is 1.28 bits per heavy atom. The Bertz CT molecular complexity index is 357. The van der Waals surface area contributed by atoms with Crippen LogP contribution in [0.25, 0.3) is 0 Å². The average Bonchev–Trinajstić information content (AvgIpc) is 3.09. The molecule has 2 rings (SSSR count). The molecule has 2 fully saturated rings. The number of nitrogens with two attached hydrogens (primary N) is 1. The van der Waals surface area contributed by atoms with Gasteiger partial charge in [-0.05, 0) is 31.1 Å². The van der Waals surface area contributed by atoms with E-state index in [9.17, 15) is 8.42 Å². The maximum Gasteiger partial charge on any atom is 0.214 e. The van der Waals surface area contributed by atoms with Gasteiger partial charge < -0.3 is 5.73 Å². The molecule has 6 heteroatoms. The molecule has 1 aliphatic carbocycles. The highest BCUT2D eigenvalue weighted by atomic mass is 35.5. The molecule has 0 aromatic heterocycles. The first-order valence-corrected chi connectivity index (χ1v) is 8.33. The van der Waals surface area contributed by atoms with Crippen LogP contribution in [0.1, 0.15) is 39.0 Å². The summed E-state index contributed by atoms with van der Waals surface area (Å²) in [5.74, 6) is 1.59. The minimum atomic E-state index is -3.07. The molecule has 0 aromatic carbocycles. The molecule has 1 heterocycles. The van der Waals surface area contributed by atoms with E-state index < -0.39 is 10.0 Å². The average molecular weight is 297 g/mol. The molecule has 2 N–H and O–H groups in total. The molecule has 0 amide bonds. The third-order valence-corrected chi connectivity index (χ3v) is 5.98. The monoisotopic (exact) mass is 296 g/mol. The molecule has 0 spiro atoms. The summed E-state index contributed by atoms with van der Waals surface area (Å²) < 4.78 is 26.2. The van der Waals surface area contributed by atoms with Crippen LogP contribution < -0.4 is 5.73 Å². The fourth-order valence-corrected chi connectivity index (χ4v) is 4.53. The maximum absolute atomic E-state index is 12.3. The van der Waals surface area contributed by atoms with Crippen LogP contribution in [0.15, 0.2) is 0 Å². The van der Waals surface area contributed by atoms with E-state index in [1.807, 2.05) is 0 Å². The van der Waals surface area contributed by atoms with Crippen LogP contribution in [0.3, 0.4) is 0 Å². The van der Waals surface area contributed by atoms with Crippen LogP contribution in [-0.2, 0) is 10.0 Å². The molecule has 2 aliphatic rings. The van der Waals surface area contributed by atoms with Gasteiger partial charge in [0.1, 0.15) is 0 Å². The maximum atomic E-state index is 12.3. The number of nitrogens with zero attached hydrogens (tertiary/aromatic N) is 1. The second-order valence-corrected chi connectivity index (χ2v) is 7.72. The molecule has 4 nitrogen and oxygen atoms in total. The molecule has 108 valence electrons. The molecule has 2 atom stereocenters. The highest BCUT2D eigenvalue weighted by Gasteiger charge is 2.34. The van der Waals surface area contributed by atoms with Crippen molar-refractivity contribution in [1.29, 1.82) is 0 Å². The van der Waals surface area contributed by atoms with Crippen LogP contribution >= 0.6 is 12.4 Å². The number of halogens is 1. The summed E-state index contributed by atoms with van der Waals surface area (Å²) in [7, 11) is -3.07. The van der Waals surface area contributed by atoms with Gasteiger partial charge in [0.2, 0.25) is 10.0 Å². The van der Waals surface area contributed by atoms with E-state index in [0.29, 0.717) is 30.7 Å². The van der Waals surface area contributed by atoms with Gasteiger partial charge in [-0.15, -0.1) is 12.4 Å². The predicted molar refractivity (Wildman–Crippen MR) is 76.3 cm³/mol. The second kappa shape index (κ2) is 6.55. The van der Waals surface area contributed by atoms with E-state index in [-0.39, 0.29) is 18.4 Å². The van der Waals surface area contributed by atoms with Crippen LogP contribution in [-0.4, -0.2) is 37.6 Å². The van der Waals surface area contributed by atoms with Gasteiger partial charge >= 0.3 is 0 Å². The van der Waals surface area contributed by atoms with Crippen molar-refractivity contribution in [3.8, 4) is 0 Å². The lowest BCUT2D eigenvalue weighted by Crippen LogP contribution is -2.49. The molecule has 1 saturated heterocycles. The first-order valence-electron chi connectivity index (χ1n) is 6.72. The summed E-state index contributed by atoms with van der Waals surface area (Å²) in [4.78, 5) is 0. The molecular weight excluding hydrogens is 272 g/mol. The van der Waals surface area contributed by atoms with Crippen LogP contribution in [0.5, 0.6) is 0 Å². The minimum absolute atomic E-state index is 0. The molecule has 0 radical (unpaired) electrons. The topological polar surface area (TPSA) is 63.4 Å². The van der Waals surface area contributed by atoms with Crippen molar-refractivity contribution >= 4 is 22.4 Å². The number of rotatable bonds is 5. The van der Waals surface area contributed by atoms with Gasteiger partial charge in [0.05, 0.1) is 5.75 Å². The lowest BCUT2D eigenvalue weighted by atomic mass is 9.94. The molecule has 1 saturated carbocycles. The summed E-state index contributed by atoms with van der Waals surface area (Å²) >= 11 is 0. The highest BCUT2D eigenvalue weighted by Crippen LogP contribution is 2.33.